The topological polar surface area (TPSA) is 237 Å². The fourth-order valence-corrected chi connectivity index (χ4v) is 12.7. The molecule has 92 heavy (non-hydrogen) atoms. The molecule has 3 unspecified atom stereocenters. The Hall–Kier alpha value is -1.94. The number of aliphatic hydroxyl groups excluding tert-OH is 1. The summed E-state index contributed by atoms with van der Waals surface area (Å²) in [5, 5.41) is 10.6. The van der Waals surface area contributed by atoms with Crippen molar-refractivity contribution >= 4 is 39.5 Å². The molecule has 0 aliphatic carbocycles. The van der Waals surface area contributed by atoms with Crippen molar-refractivity contribution in [2.24, 2.45) is 5.92 Å². The van der Waals surface area contributed by atoms with E-state index in [2.05, 4.69) is 34.6 Å². The Labute approximate surface area is 562 Å². The number of unbranched alkanes of at least 4 members (excludes halogenated alkanes) is 44. The molecule has 0 amide bonds. The maximum atomic E-state index is 13.1. The van der Waals surface area contributed by atoms with Crippen LogP contribution in [0, 0.1) is 5.92 Å². The van der Waals surface area contributed by atoms with Crippen LogP contribution in [0.15, 0.2) is 0 Å². The van der Waals surface area contributed by atoms with Crippen LogP contribution in [-0.4, -0.2) is 96.7 Å². The molecule has 0 saturated carbocycles. The van der Waals surface area contributed by atoms with Crippen LogP contribution in [0.25, 0.3) is 0 Å². The SMILES string of the molecule is CCCCCCCCCCCCCCCCCCCCCCC(=O)O[C@H](COC(=O)CCCCCCCCCCCCCCCCC(C)CC)COP(=O)(O)OC[C@@H](O)COP(=O)(O)OC[C@@H](COC(=O)CCCCCCC)OC(=O)CCCCCCCCCCC. The molecule has 0 radical (unpaired) electrons. The van der Waals surface area contributed by atoms with Crippen molar-refractivity contribution in [2.45, 2.75) is 400 Å². The zero-order chi connectivity index (χ0) is 67.7. The molecule has 0 rings (SSSR count). The second kappa shape index (κ2) is 66.3. The molecule has 0 heterocycles. The summed E-state index contributed by atoms with van der Waals surface area (Å²) < 4.78 is 68.1. The van der Waals surface area contributed by atoms with Gasteiger partial charge in [-0.15, -0.1) is 0 Å². The quantitative estimate of drug-likeness (QED) is 0.0222. The van der Waals surface area contributed by atoms with Crippen LogP contribution in [-0.2, 0) is 65.4 Å². The Kier molecular flexibility index (Phi) is 64.9. The highest BCUT2D eigenvalue weighted by atomic mass is 31.2. The average molecular weight is 1350 g/mol. The lowest BCUT2D eigenvalue weighted by Crippen LogP contribution is -2.30. The predicted molar refractivity (Wildman–Crippen MR) is 372 cm³/mol. The highest BCUT2D eigenvalue weighted by Gasteiger charge is 2.30. The van der Waals surface area contributed by atoms with Crippen molar-refractivity contribution in [3.8, 4) is 0 Å². The van der Waals surface area contributed by atoms with E-state index in [1.54, 1.807) is 0 Å². The molecule has 0 saturated heterocycles. The number of carbonyl (C=O) groups is 4. The van der Waals surface area contributed by atoms with Gasteiger partial charge in [-0.2, -0.15) is 0 Å². The van der Waals surface area contributed by atoms with Gasteiger partial charge in [-0.1, -0.05) is 330 Å². The maximum Gasteiger partial charge on any atom is 0.472 e. The molecule has 0 aliphatic rings. The first-order chi connectivity index (χ1) is 44.6. The van der Waals surface area contributed by atoms with Crippen molar-refractivity contribution in [3.63, 3.8) is 0 Å². The van der Waals surface area contributed by atoms with Crippen LogP contribution in [0.5, 0.6) is 0 Å². The molecule has 3 N–H and O–H groups in total. The van der Waals surface area contributed by atoms with Crippen LogP contribution in [0.4, 0.5) is 0 Å². The van der Waals surface area contributed by atoms with Gasteiger partial charge in [0.2, 0.25) is 0 Å². The first kappa shape index (κ1) is 90.1. The van der Waals surface area contributed by atoms with Gasteiger partial charge in [0.15, 0.2) is 12.2 Å². The summed E-state index contributed by atoms with van der Waals surface area (Å²) in [7, 11) is -9.89. The number of carbonyl (C=O) groups excluding carboxylic acids is 4. The first-order valence-electron chi connectivity index (χ1n) is 38.2. The van der Waals surface area contributed by atoms with E-state index in [-0.39, 0.29) is 25.7 Å². The van der Waals surface area contributed by atoms with Gasteiger partial charge in [0.05, 0.1) is 26.4 Å². The molecule has 0 aliphatic heterocycles. The van der Waals surface area contributed by atoms with E-state index in [0.717, 1.165) is 102 Å². The van der Waals surface area contributed by atoms with Gasteiger partial charge in [0.1, 0.15) is 19.3 Å². The number of aliphatic hydroxyl groups is 1. The van der Waals surface area contributed by atoms with Crippen LogP contribution < -0.4 is 0 Å². The van der Waals surface area contributed by atoms with Crippen molar-refractivity contribution in [1.82, 2.24) is 0 Å². The lowest BCUT2D eigenvalue weighted by Gasteiger charge is -2.21. The summed E-state index contributed by atoms with van der Waals surface area (Å²) in [5.74, 6) is -1.28. The lowest BCUT2D eigenvalue weighted by molar-refractivity contribution is -0.161. The second-order valence-electron chi connectivity index (χ2n) is 26.6. The predicted octanol–water partition coefficient (Wildman–Crippen LogP) is 21.3. The summed E-state index contributed by atoms with van der Waals surface area (Å²) in [6.07, 6.45) is 54.6. The van der Waals surface area contributed by atoms with E-state index in [9.17, 15) is 43.2 Å². The molecular weight excluding hydrogens is 1210 g/mol. The molecule has 19 heteroatoms. The highest BCUT2D eigenvalue weighted by molar-refractivity contribution is 7.47. The zero-order valence-corrected chi connectivity index (χ0v) is 61.5. The van der Waals surface area contributed by atoms with Gasteiger partial charge in [-0.05, 0) is 31.6 Å². The van der Waals surface area contributed by atoms with Crippen molar-refractivity contribution in [1.29, 1.82) is 0 Å². The van der Waals surface area contributed by atoms with E-state index in [1.165, 1.54) is 199 Å². The summed E-state index contributed by atoms with van der Waals surface area (Å²) in [6.45, 7) is 7.21. The number of esters is 4. The third kappa shape index (κ3) is 65.4. The highest BCUT2D eigenvalue weighted by Crippen LogP contribution is 2.45. The third-order valence-electron chi connectivity index (χ3n) is 17.4. The van der Waals surface area contributed by atoms with Gasteiger partial charge in [0.25, 0.3) is 0 Å². The van der Waals surface area contributed by atoms with Crippen LogP contribution in [0.3, 0.4) is 0 Å². The van der Waals surface area contributed by atoms with Crippen LogP contribution in [0.2, 0.25) is 0 Å². The number of hydrogen-bond acceptors (Lipinski definition) is 15. The molecule has 0 aromatic carbocycles. The minimum Gasteiger partial charge on any atom is -0.462 e. The van der Waals surface area contributed by atoms with Crippen molar-refractivity contribution in [2.75, 3.05) is 39.6 Å². The van der Waals surface area contributed by atoms with Gasteiger partial charge in [-0.25, -0.2) is 9.13 Å². The molecule has 546 valence electrons. The second-order valence-corrected chi connectivity index (χ2v) is 29.5. The van der Waals surface area contributed by atoms with E-state index < -0.39 is 97.5 Å². The fraction of sp³-hybridized carbons (Fsp3) is 0.945. The van der Waals surface area contributed by atoms with Crippen molar-refractivity contribution in [3.05, 3.63) is 0 Å². The van der Waals surface area contributed by atoms with E-state index in [0.29, 0.717) is 25.7 Å². The molecule has 0 aromatic heterocycles. The number of rotatable bonds is 73. The molecular formula is C73H142O17P2. The fourth-order valence-electron chi connectivity index (χ4n) is 11.1. The normalized spacial score (nSPS) is 14.3. The Morgan fingerprint density at radius 1 is 0.304 bits per heavy atom. The largest absolute Gasteiger partial charge is 0.472 e. The molecule has 0 aromatic rings. The summed E-state index contributed by atoms with van der Waals surface area (Å²) in [6, 6.07) is 0. The van der Waals surface area contributed by atoms with E-state index >= 15 is 0 Å². The van der Waals surface area contributed by atoms with E-state index in [1.807, 2.05) is 0 Å². The number of ether oxygens (including phenoxy) is 4. The smallest absolute Gasteiger partial charge is 0.462 e. The third-order valence-corrected chi connectivity index (χ3v) is 19.3. The Morgan fingerprint density at radius 3 is 0.772 bits per heavy atom. The maximum absolute atomic E-state index is 13.1. The number of phosphoric acid groups is 2. The molecule has 0 bridgehead atoms. The van der Waals surface area contributed by atoms with Gasteiger partial charge >= 0.3 is 39.5 Å². The minimum atomic E-state index is -4.95. The standard InChI is InChI=1S/C73H142O17P2/c1-6-10-13-16-18-20-21-22-23-24-25-26-27-28-33-36-40-44-49-54-59-73(78)90-69(63-84-71(76)57-52-47-42-39-35-32-30-29-31-34-38-41-46-50-55-66(5)9-4)65-88-92(81,82)86-61-67(74)60-85-91(79,80)87-64-68(62-83-70(75)56-51-45-15-12-8-3)89-72(77)58-53-48-43-37-19-17-14-11-7-2/h66-69,74H,6-65H2,1-5H3,(H,79,80)(H,81,82)/t66?,67-,68+,69+/m0/s1. The Bertz CT molecular complexity index is 1770. The summed E-state index contributed by atoms with van der Waals surface area (Å²) in [4.78, 5) is 72.3. The average Bonchev–Trinajstić information content (AvgIpc) is 1.57. The minimum absolute atomic E-state index is 0.105. The Balaban J connectivity index is 5.11. The molecule has 0 spiro atoms. The van der Waals surface area contributed by atoms with Crippen molar-refractivity contribution < 1.29 is 80.2 Å². The lowest BCUT2D eigenvalue weighted by atomic mass is 9.99. The van der Waals surface area contributed by atoms with E-state index in [4.69, 9.17) is 37.0 Å². The molecule has 6 atom stereocenters. The monoisotopic (exact) mass is 1350 g/mol. The number of hydrogen-bond donors (Lipinski definition) is 3. The van der Waals surface area contributed by atoms with Crippen LogP contribution >= 0.6 is 15.6 Å². The molecule has 17 nitrogen and oxygen atoms in total. The number of phosphoric ester groups is 2. The van der Waals surface area contributed by atoms with Gasteiger partial charge < -0.3 is 33.8 Å². The summed E-state index contributed by atoms with van der Waals surface area (Å²) in [5.41, 5.74) is 0. The van der Waals surface area contributed by atoms with Gasteiger partial charge in [-0.3, -0.25) is 37.3 Å². The summed E-state index contributed by atoms with van der Waals surface area (Å²) >= 11 is 0. The van der Waals surface area contributed by atoms with Gasteiger partial charge in [0, 0.05) is 25.7 Å². The zero-order valence-electron chi connectivity index (χ0n) is 59.7. The molecule has 0 fully saturated rings. The Morgan fingerprint density at radius 2 is 0.522 bits per heavy atom. The van der Waals surface area contributed by atoms with Crippen LogP contribution in [0.1, 0.15) is 381 Å². The first-order valence-corrected chi connectivity index (χ1v) is 41.2.